The minimum Gasteiger partial charge on any atom is -0.478 e. The van der Waals surface area contributed by atoms with E-state index in [-0.39, 0.29) is 11.3 Å². The normalized spacial score (nSPS) is 16.4. The van der Waals surface area contributed by atoms with Crippen molar-refractivity contribution in [3.8, 4) is 0 Å². The van der Waals surface area contributed by atoms with Gasteiger partial charge in [0.25, 0.3) is 0 Å². The second-order valence-electron chi connectivity index (χ2n) is 4.61. The highest BCUT2D eigenvalue weighted by Gasteiger charge is 2.15. The van der Waals surface area contributed by atoms with E-state index in [1.807, 2.05) is 0 Å². The number of hydrogen-bond donors (Lipinski definition) is 3. The summed E-state index contributed by atoms with van der Waals surface area (Å²) in [6, 6.07) is 3.26. The van der Waals surface area contributed by atoms with Gasteiger partial charge in [0.15, 0.2) is 0 Å². The molecule has 5 N–H and O–H groups in total. The highest BCUT2D eigenvalue weighted by Crippen LogP contribution is 2.25. The predicted molar refractivity (Wildman–Crippen MR) is 73.2 cm³/mol. The van der Waals surface area contributed by atoms with E-state index in [0.29, 0.717) is 5.69 Å². The van der Waals surface area contributed by atoms with Crippen molar-refractivity contribution in [2.24, 2.45) is 0 Å². The van der Waals surface area contributed by atoms with Crippen molar-refractivity contribution in [2.45, 2.75) is 6.42 Å². The van der Waals surface area contributed by atoms with Crippen LogP contribution in [0.4, 0.5) is 11.4 Å². The Balaban J connectivity index is 2.04. The van der Waals surface area contributed by atoms with Gasteiger partial charge in [-0.1, -0.05) is 6.07 Å². The molecule has 0 unspecified atom stereocenters. The molecule has 1 aromatic rings. The zero-order chi connectivity index (χ0) is 13.8. The molecule has 0 spiro atoms. The molecular weight excluding hydrogens is 246 g/mol. The third kappa shape index (κ3) is 3.15. The van der Waals surface area contributed by atoms with Gasteiger partial charge in [-0.05, 0) is 18.1 Å². The van der Waals surface area contributed by atoms with E-state index in [4.69, 9.17) is 21.3 Å². The highest BCUT2D eigenvalue weighted by molar-refractivity contribution is 5.97. The fourth-order valence-corrected chi connectivity index (χ4v) is 2.19. The van der Waals surface area contributed by atoms with Crippen LogP contribution < -0.4 is 11.5 Å². The van der Waals surface area contributed by atoms with Crippen molar-refractivity contribution in [2.75, 3.05) is 44.3 Å². The lowest BCUT2D eigenvalue weighted by Crippen LogP contribution is -2.37. The van der Waals surface area contributed by atoms with Gasteiger partial charge in [-0.15, -0.1) is 0 Å². The number of carboxylic acid groups (broad SMARTS) is 1. The molecule has 6 heteroatoms. The molecular formula is C13H19N3O3. The summed E-state index contributed by atoms with van der Waals surface area (Å²) in [6.45, 7) is 4.23. The van der Waals surface area contributed by atoms with Crippen molar-refractivity contribution in [3.05, 3.63) is 23.3 Å². The van der Waals surface area contributed by atoms with Crippen LogP contribution in [-0.4, -0.2) is 48.8 Å². The van der Waals surface area contributed by atoms with E-state index < -0.39 is 5.97 Å². The molecule has 0 saturated carbocycles. The predicted octanol–water partition coefficient (Wildman–Crippen LogP) is 0.424. The number of anilines is 2. The number of nitrogen functional groups attached to an aromatic ring is 2. The number of morpholine rings is 1. The maximum atomic E-state index is 10.9. The minimum atomic E-state index is -1.05. The van der Waals surface area contributed by atoms with Crippen LogP contribution in [0.25, 0.3) is 0 Å². The summed E-state index contributed by atoms with van der Waals surface area (Å²) in [4.78, 5) is 13.2. The molecule has 19 heavy (non-hydrogen) atoms. The molecule has 0 aliphatic carbocycles. The highest BCUT2D eigenvalue weighted by atomic mass is 16.5. The monoisotopic (exact) mass is 265 g/mol. The molecule has 1 saturated heterocycles. The second-order valence-corrected chi connectivity index (χ2v) is 4.61. The maximum Gasteiger partial charge on any atom is 0.337 e. The van der Waals surface area contributed by atoms with Crippen LogP contribution >= 0.6 is 0 Å². The molecule has 6 nitrogen and oxygen atoms in total. The third-order valence-electron chi connectivity index (χ3n) is 3.41. The lowest BCUT2D eigenvalue weighted by molar-refractivity contribution is 0.0384. The number of nitrogens with two attached hydrogens (primary N) is 2. The van der Waals surface area contributed by atoms with Gasteiger partial charge in [0.2, 0.25) is 0 Å². The third-order valence-corrected chi connectivity index (χ3v) is 3.41. The molecule has 0 atom stereocenters. The van der Waals surface area contributed by atoms with Crippen molar-refractivity contribution >= 4 is 17.3 Å². The molecule has 104 valence electrons. The maximum absolute atomic E-state index is 10.9. The number of ether oxygens (including phenoxy) is 1. The number of hydrogen-bond acceptors (Lipinski definition) is 5. The SMILES string of the molecule is Nc1c(CCN2CCOCC2)ccc(C(=O)O)c1N. The first-order valence-electron chi connectivity index (χ1n) is 6.30. The molecule has 0 radical (unpaired) electrons. The van der Waals surface area contributed by atoms with Crippen LogP contribution in [-0.2, 0) is 11.2 Å². The standard InChI is InChI=1S/C13H19N3O3/c14-11-9(1-2-10(12(11)15)13(17)18)3-4-16-5-7-19-8-6-16/h1-2H,3-8,14-15H2,(H,17,18). The van der Waals surface area contributed by atoms with Crippen LogP contribution in [0.2, 0.25) is 0 Å². The summed E-state index contributed by atoms with van der Waals surface area (Å²) < 4.78 is 5.29. The van der Waals surface area contributed by atoms with Gasteiger partial charge in [-0.25, -0.2) is 4.79 Å². The zero-order valence-corrected chi connectivity index (χ0v) is 10.8. The summed E-state index contributed by atoms with van der Waals surface area (Å²) >= 11 is 0. The Labute approximate surface area is 111 Å². The van der Waals surface area contributed by atoms with Gasteiger partial charge in [0, 0.05) is 19.6 Å². The Morgan fingerprint density at radius 2 is 1.95 bits per heavy atom. The molecule has 1 fully saturated rings. The van der Waals surface area contributed by atoms with Crippen LogP contribution in [0.15, 0.2) is 12.1 Å². The van der Waals surface area contributed by atoms with Gasteiger partial charge >= 0.3 is 5.97 Å². The van der Waals surface area contributed by atoms with E-state index in [1.165, 1.54) is 6.07 Å². The molecule has 0 bridgehead atoms. The van der Waals surface area contributed by atoms with Gasteiger partial charge < -0.3 is 21.3 Å². The van der Waals surface area contributed by atoms with Crippen molar-refractivity contribution in [1.82, 2.24) is 4.90 Å². The molecule has 1 heterocycles. The second kappa shape index (κ2) is 5.90. The fraction of sp³-hybridized carbons (Fsp3) is 0.462. The lowest BCUT2D eigenvalue weighted by Gasteiger charge is -2.26. The Hall–Kier alpha value is -1.79. The lowest BCUT2D eigenvalue weighted by atomic mass is 10.0. The molecule has 0 aromatic heterocycles. The van der Waals surface area contributed by atoms with Crippen LogP contribution in [0.3, 0.4) is 0 Å². The van der Waals surface area contributed by atoms with Gasteiger partial charge in [-0.3, -0.25) is 4.90 Å². The molecule has 1 aliphatic rings. The average molecular weight is 265 g/mol. The number of rotatable bonds is 4. The van der Waals surface area contributed by atoms with E-state index in [9.17, 15) is 4.79 Å². The minimum absolute atomic E-state index is 0.0626. The van der Waals surface area contributed by atoms with Crippen molar-refractivity contribution in [1.29, 1.82) is 0 Å². The molecule has 1 aromatic carbocycles. The van der Waals surface area contributed by atoms with E-state index >= 15 is 0 Å². The Morgan fingerprint density at radius 3 is 2.58 bits per heavy atom. The largest absolute Gasteiger partial charge is 0.478 e. The number of nitrogens with zero attached hydrogens (tertiary/aromatic N) is 1. The summed E-state index contributed by atoms with van der Waals surface area (Å²) in [5, 5.41) is 8.96. The first kappa shape index (κ1) is 13.6. The zero-order valence-electron chi connectivity index (χ0n) is 10.8. The number of aromatic carboxylic acids is 1. The number of carboxylic acids is 1. The molecule has 0 amide bonds. The van der Waals surface area contributed by atoms with Gasteiger partial charge in [-0.2, -0.15) is 0 Å². The van der Waals surface area contributed by atoms with E-state index in [0.717, 1.165) is 44.8 Å². The number of carbonyl (C=O) groups is 1. The molecule has 2 rings (SSSR count). The first-order valence-corrected chi connectivity index (χ1v) is 6.30. The molecule has 1 aliphatic heterocycles. The van der Waals surface area contributed by atoms with Gasteiger partial charge in [0.1, 0.15) is 0 Å². The summed E-state index contributed by atoms with van der Waals surface area (Å²) in [7, 11) is 0. The summed E-state index contributed by atoms with van der Waals surface area (Å²) in [5.41, 5.74) is 13.2. The van der Waals surface area contributed by atoms with E-state index in [1.54, 1.807) is 6.07 Å². The summed E-state index contributed by atoms with van der Waals surface area (Å²) in [5.74, 6) is -1.05. The fourth-order valence-electron chi connectivity index (χ4n) is 2.19. The van der Waals surface area contributed by atoms with Crippen molar-refractivity contribution < 1.29 is 14.6 Å². The Bertz CT molecular complexity index is 470. The van der Waals surface area contributed by atoms with Crippen LogP contribution in [0.1, 0.15) is 15.9 Å². The van der Waals surface area contributed by atoms with Crippen LogP contribution in [0.5, 0.6) is 0 Å². The van der Waals surface area contributed by atoms with E-state index in [2.05, 4.69) is 4.90 Å². The smallest absolute Gasteiger partial charge is 0.337 e. The Kier molecular flexibility index (Phi) is 4.24. The number of benzene rings is 1. The van der Waals surface area contributed by atoms with Crippen molar-refractivity contribution in [3.63, 3.8) is 0 Å². The van der Waals surface area contributed by atoms with Gasteiger partial charge in [0.05, 0.1) is 30.2 Å². The summed E-state index contributed by atoms with van der Waals surface area (Å²) in [6.07, 6.45) is 0.760. The average Bonchev–Trinajstić information content (AvgIpc) is 2.41. The van der Waals surface area contributed by atoms with Crippen LogP contribution in [0, 0.1) is 0 Å². The topological polar surface area (TPSA) is 102 Å². The quantitative estimate of drug-likeness (QED) is 0.682. The Morgan fingerprint density at radius 1 is 1.26 bits per heavy atom. The first-order chi connectivity index (χ1) is 9.09.